The maximum absolute atomic E-state index is 10.9. The van der Waals surface area contributed by atoms with Gasteiger partial charge in [-0.15, -0.1) is 0 Å². The van der Waals surface area contributed by atoms with E-state index < -0.39 is 11.7 Å². The number of halogens is 1. The second-order valence-electron chi connectivity index (χ2n) is 6.67. The number of benzene rings is 2. The molecule has 1 aliphatic heterocycles. The number of aliphatic hydroxyl groups is 2. The Morgan fingerprint density at radius 1 is 1.00 bits per heavy atom. The standard InChI is InChI=1S/C20H24ClNO2/c1-15(19(23)16-7-9-18(21)10-8-16)22-13-11-20(24,12-14-22)17-5-3-2-4-6-17/h2-10,15,19,23-24H,11-14H2,1H3/t15-,19?/m0/s1. The first-order valence-corrected chi connectivity index (χ1v) is 8.83. The number of nitrogens with zero attached hydrogens (tertiary/aromatic N) is 1. The molecule has 1 unspecified atom stereocenters. The molecule has 128 valence electrons. The molecule has 3 rings (SSSR count). The van der Waals surface area contributed by atoms with Crippen LogP contribution in [-0.2, 0) is 5.60 Å². The van der Waals surface area contributed by atoms with Crippen molar-refractivity contribution in [2.24, 2.45) is 0 Å². The van der Waals surface area contributed by atoms with Crippen LogP contribution >= 0.6 is 11.6 Å². The first-order valence-electron chi connectivity index (χ1n) is 8.45. The maximum atomic E-state index is 10.9. The Morgan fingerprint density at radius 3 is 2.17 bits per heavy atom. The molecule has 0 amide bonds. The third kappa shape index (κ3) is 3.65. The van der Waals surface area contributed by atoms with E-state index in [9.17, 15) is 10.2 Å². The summed E-state index contributed by atoms with van der Waals surface area (Å²) < 4.78 is 0. The normalized spacial score (nSPS) is 20.5. The smallest absolute Gasteiger partial charge is 0.0942 e. The van der Waals surface area contributed by atoms with E-state index in [-0.39, 0.29) is 6.04 Å². The molecule has 4 heteroatoms. The Hall–Kier alpha value is -1.39. The number of rotatable bonds is 4. The molecule has 2 aromatic carbocycles. The van der Waals surface area contributed by atoms with Crippen LogP contribution in [-0.4, -0.2) is 34.2 Å². The minimum Gasteiger partial charge on any atom is -0.387 e. The molecule has 1 aliphatic rings. The average Bonchev–Trinajstić information content (AvgIpc) is 2.62. The molecule has 3 nitrogen and oxygen atoms in total. The second kappa shape index (κ2) is 7.24. The molecule has 0 spiro atoms. The fraction of sp³-hybridized carbons (Fsp3) is 0.400. The van der Waals surface area contributed by atoms with Gasteiger partial charge in [0.2, 0.25) is 0 Å². The van der Waals surface area contributed by atoms with Crippen molar-refractivity contribution in [3.05, 3.63) is 70.7 Å². The maximum Gasteiger partial charge on any atom is 0.0942 e. The van der Waals surface area contributed by atoms with Crippen molar-refractivity contribution in [3.63, 3.8) is 0 Å². The van der Waals surface area contributed by atoms with Gasteiger partial charge >= 0.3 is 0 Å². The second-order valence-corrected chi connectivity index (χ2v) is 7.11. The molecule has 0 bridgehead atoms. The van der Waals surface area contributed by atoms with Crippen molar-refractivity contribution in [1.82, 2.24) is 4.90 Å². The van der Waals surface area contributed by atoms with Gasteiger partial charge in [-0.1, -0.05) is 54.1 Å². The van der Waals surface area contributed by atoms with Crippen LogP contribution in [0.15, 0.2) is 54.6 Å². The minimum atomic E-state index is -0.761. The summed E-state index contributed by atoms with van der Waals surface area (Å²) in [5.41, 5.74) is 1.09. The van der Waals surface area contributed by atoms with E-state index in [0.29, 0.717) is 17.9 Å². The third-order valence-corrected chi connectivity index (χ3v) is 5.43. The van der Waals surface area contributed by atoms with Crippen molar-refractivity contribution < 1.29 is 10.2 Å². The lowest BCUT2D eigenvalue weighted by Crippen LogP contribution is -2.47. The van der Waals surface area contributed by atoms with Gasteiger partial charge in [0.05, 0.1) is 11.7 Å². The van der Waals surface area contributed by atoms with E-state index in [1.165, 1.54) is 0 Å². The number of hydrogen-bond acceptors (Lipinski definition) is 3. The van der Waals surface area contributed by atoms with Crippen LogP contribution in [0.1, 0.15) is 37.0 Å². The lowest BCUT2D eigenvalue weighted by Gasteiger charge is -2.42. The summed E-state index contributed by atoms with van der Waals surface area (Å²) in [6, 6.07) is 17.2. The number of aliphatic hydroxyl groups excluding tert-OH is 1. The van der Waals surface area contributed by atoms with Gasteiger partial charge in [-0.25, -0.2) is 0 Å². The van der Waals surface area contributed by atoms with E-state index in [4.69, 9.17) is 11.6 Å². The highest BCUT2D eigenvalue weighted by Crippen LogP contribution is 2.34. The molecule has 2 N–H and O–H groups in total. The fourth-order valence-corrected chi connectivity index (χ4v) is 3.60. The SMILES string of the molecule is C[C@@H](C(O)c1ccc(Cl)cc1)N1CCC(O)(c2ccccc2)CC1. The predicted octanol–water partition coefficient (Wildman–Crippen LogP) is 3.75. The van der Waals surface area contributed by atoms with Crippen LogP contribution in [0.3, 0.4) is 0 Å². The zero-order valence-corrected chi connectivity index (χ0v) is 14.7. The highest BCUT2D eigenvalue weighted by molar-refractivity contribution is 6.30. The molecule has 1 heterocycles. The molecule has 0 radical (unpaired) electrons. The largest absolute Gasteiger partial charge is 0.387 e. The van der Waals surface area contributed by atoms with Crippen LogP contribution in [0.4, 0.5) is 0 Å². The van der Waals surface area contributed by atoms with Gasteiger partial charge in [0, 0.05) is 24.2 Å². The Balaban J connectivity index is 1.64. The highest BCUT2D eigenvalue weighted by atomic mass is 35.5. The summed E-state index contributed by atoms with van der Waals surface area (Å²) in [5, 5.41) is 22.2. The molecule has 1 saturated heterocycles. The van der Waals surface area contributed by atoms with Crippen molar-refractivity contribution >= 4 is 11.6 Å². The van der Waals surface area contributed by atoms with E-state index >= 15 is 0 Å². The van der Waals surface area contributed by atoms with Gasteiger partial charge in [-0.05, 0) is 43.0 Å². The molecule has 2 aromatic rings. The highest BCUT2D eigenvalue weighted by Gasteiger charge is 2.36. The number of hydrogen-bond donors (Lipinski definition) is 2. The van der Waals surface area contributed by atoms with E-state index in [2.05, 4.69) is 4.90 Å². The van der Waals surface area contributed by atoms with Gasteiger partial charge in [0.25, 0.3) is 0 Å². The molecule has 0 aliphatic carbocycles. The first-order chi connectivity index (χ1) is 11.5. The summed E-state index contributed by atoms with van der Waals surface area (Å²) >= 11 is 5.91. The topological polar surface area (TPSA) is 43.7 Å². The average molecular weight is 346 g/mol. The zero-order valence-electron chi connectivity index (χ0n) is 13.9. The molecular weight excluding hydrogens is 322 g/mol. The monoisotopic (exact) mass is 345 g/mol. The molecule has 1 fully saturated rings. The summed E-state index contributed by atoms with van der Waals surface area (Å²) in [6.45, 7) is 3.56. The molecule has 24 heavy (non-hydrogen) atoms. The first kappa shape index (κ1) is 17.4. The van der Waals surface area contributed by atoms with Gasteiger partial charge < -0.3 is 10.2 Å². The van der Waals surface area contributed by atoms with Crippen molar-refractivity contribution in [2.45, 2.75) is 37.5 Å². The Bertz CT molecular complexity index is 651. The lowest BCUT2D eigenvalue weighted by atomic mass is 9.83. The van der Waals surface area contributed by atoms with Crippen molar-refractivity contribution in [1.29, 1.82) is 0 Å². The van der Waals surface area contributed by atoms with Gasteiger partial charge in [0.1, 0.15) is 0 Å². The van der Waals surface area contributed by atoms with E-state index in [1.807, 2.05) is 49.4 Å². The summed E-state index contributed by atoms with van der Waals surface area (Å²) in [4.78, 5) is 2.25. The predicted molar refractivity (Wildman–Crippen MR) is 97.0 cm³/mol. The van der Waals surface area contributed by atoms with Gasteiger partial charge in [-0.2, -0.15) is 0 Å². The Labute approximate surface area is 148 Å². The lowest BCUT2D eigenvalue weighted by molar-refractivity contribution is -0.0501. The molecular formula is C20H24ClNO2. The van der Waals surface area contributed by atoms with Crippen molar-refractivity contribution in [3.8, 4) is 0 Å². The van der Waals surface area contributed by atoms with Crippen LogP contribution in [0.2, 0.25) is 5.02 Å². The molecule has 0 aromatic heterocycles. The van der Waals surface area contributed by atoms with E-state index in [1.54, 1.807) is 12.1 Å². The van der Waals surface area contributed by atoms with Crippen molar-refractivity contribution in [2.75, 3.05) is 13.1 Å². The summed E-state index contributed by atoms with van der Waals surface area (Å²) in [5.74, 6) is 0. The summed E-state index contributed by atoms with van der Waals surface area (Å²) in [6.07, 6.45) is 0.786. The van der Waals surface area contributed by atoms with Gasteiger partial charge in [-0.3, -0.25) is 4.90 Å². The Morgan fingerprint density at radius 2 is 1.58 bits per heavy atom. The Kier molecular flexibility index (Phi) is 5.26. The molecule has 2 atom stereocenters. The number of piperidine rings is 1. The van der Waals surface area contributed by atoms with Crippen LogP contribution in [0.5, 0.6) is 0 Å². The minimum absolute atomic E-state index is 0.00787. The quantitative estimate of drug-likeness (QED) is 0.887. The number of likely N-dealkylation sites (tertiary alicyclic amines) is 1. The van der Waals surface area contributed by atoms with Crippen LogP contribution < -0.4 is 0 Å². The zero-order chi connectivity index (χ0) is 17.2. The molecule has 0 saturated carbocycles. The fourth-order valence-electron chi connectivity index (χ4n) is 3.48. The van der Waals surface area contributed by atoms with Crippen LogP contribution in [0.25, 0.3) is 0 Å². The van der Waals surface area contributed by atoms with Gasteiger partial charge in [0.15, 0.2) is 0 Å². The third-order valence-electron chi connectivity index (χ3n) is 5.18. The summed E-state index contributed by atoms with van der Waals surface area (Å²) in [7, 11) is 0. The van der Waals surface area contributed by atoms with Crippen LogP contribution in [0, 0.1) is 0 Å². The van der Waals surface area contributed by atoms with E-state index in [0.717, 1.165) is 24.2 Å².